The van der Waals surface area contributed by atoms with Crippen molar-refractivity contribution >= 4 is 23.2 Å². The molecule has 0 bridgehead atoms. The number of carbonyl (C=O) groups excluding carboxylic acids is 1. The van der Waals surface area contributed by atoms with Crippen molar-refractivity contribution in [3.05, 3.63) is 34.9 Å². The molecule has 0 aromatic heterocycles. The lowest BCUT2D eigenvalue weighted by molar-refractivity contribution is -0.135. The molecule has 1 saturated heterocycles. The van der Waals surface area contributed by atoms with Gasteiger partial charge in [-0.3, -0.25) is 9.69 Å². The van der Waals surface area contributed by atoms with Crippen molar-refractivity contribution in [1.82, 2.24) is 4.90 Å². The first kappa shape index (κ1) is 23.2. The Morgan fingerprint density at radius 2 is 2.25 bits per heavy atom. The van der Waals surface area contributed by atoms with Crippen LogP contribution in [0, 0.1) is 22.7 Å². The van der Waals surface area contributed by atoms with E-state index in [-0.39, 0.29) is 34.6 Å². The number of nitrogens with two attached hydrogens (primary N) is 1. The molecule has 7 heteroatoms. The third kappa shape index (κ3) is 4.16. The fraction of sp³-hybridized carbons (Fsp3) is 0.640. The van der Waals surface area contributed by atoms with E-state index in [1.807, 2.05) is 18.2 Å². The molecule has 1 saturated carbocycles. The van der Waals surface area contributed by atoms with Crippen LogP contribution in [0.4, 0.5) is 0 Å². The second kappa shape index (κ2) is 9.46. The number of benzene rings is 1. The van der Waals surface area contributed by atoms with Crippen LogP contribution in [0.5, 0.6) is 0 Å². The summed E-state index contributed by atoms with van der Waals surface area (Å²) in [4.78, 5) is 15.7. The molecule has 1 aromatic rings. The van der Waals surface area contributed by atoms with Crippen molar-refractivity contribution in [3.63, 3.8) is 0 Å². The Kier molecular flexibility index (Phi) is 6.85. The molecule has 1 heterocycles. The van der Waals surface area contributed by atoms with Gasteiger partial charge in [0.25, 0.3) is 0 Å². The van der Waals surface area contributed by atoms with Crippen molar-refractivity contribution < 1.29 is 14.3 Å². The fourth-order valence-corrected chi connectivity index (χ4v) is 6.46. The summed E-state index contributed by atoms with van der Waals surface area (Å²) in [6.45, 7) is 3.30. The Hall–Kier alpha value is -2.01. The molecule has 6 nitrogen and oxygen atoms in total. The number of nitrogens with zero attached hydrogens (tertiary/aromatic N) is 2. The lowest BCUT2D eigenvalue weighted by Crippen LogP contribution is -2.51. The molecule has 1 amide bonds. The molecule has 172 valence electrons. The maximum Gasteiger partial charge on any atom is 0.236 e. The quantitative estimate of drug-likeness (QED) is 0.682. The Morgan fingerprint density at radius 1 is 1.44 bits per heavy atom. The normalized spacial score (nSPS) is 31.3. The Labute approximate surface area is 196 Å². The number of rotatable bonds is 5. The highest BCUT2D eigenvalue weighted by atomic mass is 32.1. The SMILES string of the molecule is CCC1CC2(CCC1OC)Cc1ccc(C#N)cc1C2C(=O)N(CC1CCCO1)C(N)=S. The van der Waals surface area contributed by atoms with Gasteiger partial charge < -0.3 is 15.2 Å². The first-order valence-corrected chi connectivity index (χ1v) is 12.1. The smallest absolute Gasteiger partial charge is 0.236 e. The van der Waals surface area contributed by atoms with Crippen LogP contribution in [0.2, 0.25) is 0 Å². The second-order valence-electron chi connectivity index (χ2n) is 9.60. The number of thiocarbonyl (C=S) groups is 1. The molecular weight excluding hydrogens is 422 g/mol. The van der Waals surface area contributed by atoms with E-state index in [0.717, 1.165) is 56.1 Å². The van der Waals surface area contributed by atoms with Crippen LogP contribution in [0.1, 0.15) is 68.1 Å². The van der Waals surface area contributed by atoms with Gasteiger partial charge >= 0.3 is 0 Å². The van der Waals surface area contributed by atoms with Gasteiger partial charge in [-0.2, -0.15) is 5.26 Å². The van der Waals surface area contributed by atoms with Gasteiger partial charge in [-0.05, 0) is 85.3 Å². The van der Waals surface area contributed by atoms with Crippen molar-refractivity contribution in [2.75, 3.05) is 20.3 Å². The molecule has 2 N–H and O–H groups in total. The molecule has 3 aliphatic rings. The van der Waals surface area contributed by atoms with Crippen LogP contribution in [0.15, 0.2) is 18.2 Å². The minimum Gasteiger partial charge on any atom is -0.381 e. The molecule has 1 aliphatic heterocycles. The summed E-state index contributed by atoms with van der Waals surface area (Å²) in [5, 5.41) is 9.61. The van der Waals surface area contributed by atoms with Crippen LogP contribution in [0.3, 0.4) is 0 Å². The molecule has 2 aliphatic carbocycles. The monoisotopic (exact) mass is 455 g/mol. The minimum atomic E-state index is -0.361. The topological polar surface area (TPSA) is 88.6 Å². The van der Waals surface area contributed by atoms with Gasteiger partial charge in [-0.1, -0.05) is 19.4 Å². The van der Waals surface area contributed by atoms with Crippen molar-refractivity contribution in [2.24, 2.45) is 17.1 Å². The van der Waals surface area contributed by atoms with E-state index in [2.05, 4.69) is 13.0 Å². The molecule has 5 unspecified atom stereocenters. The summed E-state index contributed by atoms with van der Waals surface area (Å²) in [5.41, 5.74) is 8.58. The van der Waals surface area contributed by atoms with Crippen LogP contribution in [0.25, 0.3) is 0 Å². The van der Waals surface area contributed by atoms with E-state index in [1.165, 1.54) is 0 Å². The molecule has 2 fully saturated rings. The number of hydrogen-bond acceptors (Lipinski definition) is 5. The van der Waals surface area contributed by atoms with E-state index >= 15 is 0 Å². The lowest BCUT2D eigenvalue weighted by atomic mass is 9.61. The zero-order valence-corrected chi connectivity index (χ0v) is 19.8. The summed E-state index contributed by atoms with van der Waals surface area (Å²) in [7, 11) is 1.78. The van der Waals surface area contributed by atoms with E-state index in [9.17, 15) is 10.1 Å². The van der Waals surface area contributed by atoms with Gasteiger partial charge in [-0.25, -0.2) is 0 Å². The molecule has 0 radical (unpaired) electrons. The van der Waals surface area contributed by atoms with Crippen LogP contribution in [-0.2, 0) is 20.7 Å². The average Bonchev–Trinajstić information content (AvgIpc) is 3.41. The van der Waals surface area contributed by atoms with Gasteiger partial charge in [-0.15, -0.1) is 0 Å². The minimum absolute atomic E-state index is 0.0321. The van der Waals surface area contributed by atoms with Crippen molar-refractivity contribution in [2.45, 2.75) is 70.0 Å². The van der Waals surface area contributed by atoms with Gasteiger partial charge in [0.1, 0.15) is 0 Å². The second-order valence-corrected chi connectivity index (χ2v) is 10.0. The summed E-state index contributed by atoms with van der Waals surface area (Å²) in [6, 6.07) is 8.02. The highest BCUT2D eigenvalue weighted by molar-refractivity contribution is 7.80. The molecule has 1 spiro atoms. The maximum atomic E-state index is 14.1. The molecule has 32 heavy (non-hydrogen) atoms. The average molecular weight is 456 g/mol. The number of fused-ring (bicyclic) bond motifs is 1. The van der Waals surface area contributed by atoms with Gasteiger partial charge in [0.2, 0.25) is 5.91 Å². The Balaban J connectivity index is 1.73. The summed E-state index contributed by atoms with van der Waals surface area (Å²) < 4.78 is 11.6. The first-order valence-electron chi connectivity index (χ1n) is 11.7. The largest absolute Gasteiger partial charge is 0.381 e. The predicted octanol–water partition coefficient (Wildman–Crippen LogP) is 3.66. The zero-order valence-electron chi connectivity index (χ0n) is 19.0. The number of methoxy groups -OCH3 is 1. The summed E-state index contributed by atoms with van der Waals surface area (Å²) in [6.07, 6.45) is 6.68. The molecule has 1 aromatic carbocycles. The number of carbonyl (C=O) groups is 1. The fourth-order valence-electron chi connectivity index (χ4n) is 6.30. The first-order chi connectivity index (χ1) is 15.4. The van der Waals surface area contributed by atoms with E-state index < -0.39 is 0 Å². The molecular formula is C25H33N3O3S. The predicted molar refractivity (Wildman–Crippen MR) is 126 cm³/mol. The maximum absolute atomic E-state index is 14.1. The molecule has 4 rings (SSSR count). The summed E-state index contributed by atoms with van der Waals surface area (Å²) >= 11 is 5.34. The van der Waals surface area contributed by atoms with Crippen molar-refractivity contribution in [3.8, 4) is 6.07 Å². The van der Waals surface area contributed by atoms with Crippen molar-refractivity contribution in [1.29, 1.82) is 5.26 Å². The lowest BCUT2D eigenvalue weighted by Gasteiger charge is -2.46. The van der Waals surface area contributed by atoms with Crippen LogP contribution < -0.4 is 5.73 Å². The Bertz CT molecular complexity index is 923. The highest BCUT2D eigenvalue weighted by Crippen LogP contribution is 2.58. The molecule has 5 atom stereocenters. The number of ether oxygens (including phenoxy) is 2. The van der Waals surface area contributed by atoms with Crippen LogP contribution >= 0.6 is 12.2 Å². The van der Waals surface area contributed by atoms with Gasteiger partial charge in [0, 0.05) is 13.7 Å². The zero-order chi connectivity index (χ0) is 22.9. The number of nitriles is 1. The Morgan fingerprint density at radius 3 is 2.88 bits per heavy atom. The van der Waals surface area contributed by atoms with Crippen LogP contribution in [-0.4, -0.2) is 48.4 Å². The third-order valence-electron chi connectivity index (χ3n) is 7.88. The third-order valence-corrected chi connectivity index (χ3v) is 8.10. The van der Waals surface area contributed by atoms with E-state index in [0.29, 0.717) is 24.6 Å². The van der Waals surface area contributed by atoms with E-state index in [4.69, 9.17) is 27.4 Å². The number of hydrogen-bond donors (Lipinski definition) is 1. The summed E-state index contributed by atoms with van der Waals surface area (Å²) in [5.74, 6) is -0.0154. The van der Waals surface area contributed by atoms with E-state index in [1.54, 1.807) is 12.0 Å². The van der Waals surface area contributed by atoms with Gasteiger partial charge in [0.05, 0.1) is 36.3 Å². The standard InChI is InChI=1S/C25H33N3O3S/c1-3-17-12-25(9-8-21(17)30-2)13-18-7-6-16(14-26)11-20(18)22(25)23(29)28(24(27)32)15-19-5-4-10-31-19/h6-7,11,17,19,21-22H,3-5,8-10,12-13,15H2,1-2H3,(H2,27,32). The van der Waals surface area contributed by atoms with Gasteiger partial charge in [0.15, 0.2) is 5.11 Å². The number of amides is 1. The highest BCUT2D eigenvalue weighted by Gasteiger charge is 2.54.